The summed E-state index contributed by atoms with van der Waals surface area (Å²) in [4.78, 5) is 4.34. The summed E-state index contributed by atoms with van der Waals surface area (Å²) < 4.78 is 5.46. The van der Waals surface area contributed by atoms with Gasteiger partial charge in [-0.15, -0.1) is 0 Å². The van der Waals surface area contributed by atoms with Crippen LogP contribution < -0.4 is 5.73 Å². The van der Waals surface area contributed by atoms with Gasteiger partial charge in [0.2, 0.25) is 0 Å². The third-order valence-corrected chi connectivity index (χ3v) is 2.92. The van der Waals surface area contributed by atoms with Crippen molar-refractivity contribution in [3.63, 3.8) is 0 Å². The molecule has 1 aromatic heterocycles. The molecule has 0 aliphatic carbocycles. The molecule has 0 saturated heterocycles. The topological polar surface area (TPSA) is 52.0 Å². The molecular formula is C15H14N2O. The highest BCUT2D eigenvalue weighted by Gasteiger charge is 2.04. The lowest BCUT2D eigenvalue weighted by Crippen LogP contribution is -1.90. The molecule has 18 heavy (non-hydrogen) atoms. The van der Waals surface area contributed by atoms with Crippen LogP contribution >= 0.6 is 0 Å². The zero-order valence-electron chi connectivity index (χ0n) is 10.2. The average molecular weight is 238 g/mol. The SMILES string of the molecule is Cc1nc2cc(Cc3cccc(N)c3)ccc2o1. The molecule has 0 fully saturated rings. The molecule has 0 aliphatic heterocycles. The first-order valence-electron chi connectivity index (χ1n) is 5.91. The van der Waals surface area contributed by atoms with E-state index in [0.29, 0.717) is 5.89 Å². The molecule has 0 saturated carbocycles. The smallest absolute Gasteiger partial charge is 0.192 e. The maximum absolute atomic E-state index is 5.78. The van der Waals surface area contributed by atoms with Crippen LogP contribution in [0.25, 0.3) is 11.1 Å². The molecule has 2 aromatic carbocycles. The first kappa shape index (κ1) is 10.8. The van der Waals surface area contributed by atoms with Gasteiger partial charge < -0.3 is 10.2 Å². The van der Waals surface area contributed by atoms with Crippen LogP contribution in [0.3, 0.4) is 0 Å². The van der Waals surface area contributed by atoms with Crippen LogP contribution in [0.4, 0.5) is 5.69 Å². The van der Waals surface area contributed by atoms with E-state index in [1.54, 1.807) is 0 Å². The van der Waals surface area contributed by atoms with E-state index in [0.717, 1.165) is 23.2 Å². The fourth-order valence-electron chi connectivity index (χ4n) is 2.14. The number of nitrogen functional groups attached to an aromatic ring is 1. The fourth-order valence-corrected chi connectivity index (χ4v) is 2.14. The zero-order valence-corrected chi connectivity index (χ0v) is 10.2. The number of hydrogen-bond donors (Lipinski definition) is 1. The lowest BCUT2D eigenvalue weighted by Gasteiger charge is -2.02. The summed E-state index contributed by atoms with van der Waals surface area (Å²) >= 11 is 0. The maximum atomic E-state index is 5.78. The Morgan fingerprint density at radius 2 is 1.94 bits per heavy atom. The standard InChI is InChI=1S/C15H14N2O/c1-10-17-14-9-12(5-6-15(14)18-10)7-11-3-2-4-13(16)8-11/h2-6,8-9H,7,16H2,1H3. The molecule has 0 radical (unpaired) electrons. The summed E-state index contributed by atoms with van der Waals surface area (Å²) in [6.45, 7) is 1.86. The molecule has 1 heterocycles. The highest BCUT2D eigenvalue weighted by atomic mass is 16.3. The van der Waals surface area contributed by atoms with Crippen LogP contribution in [0.2, 0.25) is 0 Å². The Bertz CT molecular complexity index is 701. The summed E-state index contributed by atoms with van der Waals surface area (Å²) in [5.74, 6) is 0.700. The normalized spacial score (nSPS) is 10.9. The summed E-state index contributed by atoms with van der Waals surface area (Å²) in [6, 6.07) is 14.0. The van der Waals surface area contributed by atoms with E-state index >= 15 is 0 Å². The minimum Gasteiger partial charge on any atom is -0.441 e. The largest absolute Gasteiger partial charge is 0.441 e. The second-order valence-electron chi connectivity index (χ2n) is 4.46. The number of anilines is 1. The maximum Gasteiger partial charge on any atom is 0.192 e. The number of benzene rings is 2. The first-order chi connectivity index (χ1) is 8.70. The van der Waals surface area contributed by atoms with Crippen molar-refractivity contribution in [1.29, 1.82) is 0 Å². The lowest BCUT2D eigenvalue weighted by molar-refractivity contribution is 0.561. The van der Waals surface area contributed by atoms with Crippen LogP contribution in [0.1, 0.15) is 17.0 Å². The van der Waals surface area contributed by atoms with Gasteiger partial charge in [-0.05, 0) is 41.8 Å². The second kappa shape index (κ2) is 4.18. The number of hydrogen-bond acceptors (Lipinski definition) is 3. The Labute approximate surface area is 105 Å². The van der Waals surface area contributed by atoms with Crippen molar-refractivity contribution < 1.29 is 4.42 Å². The van der Waals surface area contributed by atoms with Crippen molar-refractivity contribution >= 4 is 16.8 Å². The van der Waals surface area contributed by atoms with E-state index in [-0.39, 0.29) is 0 Å². The molecule has 3 aromatic rings. The van der Waals surface area contributed by atoms with Crippen molar-refractivity contribution in [2.45, 2.75) is 13.3 Å². The molecule has 0 amide bonds. The molecule has 2 N–H and O–H groups in total. The third kappa shape index (κ3) is 2.07. The van der Waals surface area contributed by atoms with Crippen molar-refractivity contribution in [2.75, 3.05) is 5.73 Å². The van der Waals surface area contributed by atoms with Crippen molar-refractivity contribution in [3.05, 3.63) is 59.5 Å². The van der Waals surface area contributed by atoms with Gasteiger partial charge in [0.15, 0.2) is 11.5 Å². The van der Waals surface area contributed by atoms with Crippen LogP contribution in [0.15, 0.2) is 46.9 Å². The molecule has 90 valence electrons. The first-order valence-corrected chi connectivity index (χ1v) is 5.91. The minimum absolute atomic E-state index is 0.700. The fraction of sp³-hybridized carbons (Fsp3) is 0.133. The summed E-state index contributed by atoms with van der Waals surface area (Å²) in [5, 5.41) is 0. The van der Waals surface area contributed by atoms with E-state index in [1.807, 2.05) is 31.2 Å². The molecule has 0 spiro atoms. The van der Waals surface area contributed by atoms with Gasteiger partial charge in [-0.1, -0.05) is 18.2 Å². The number of aryl methyl sites for hydroxylation is 1. The highest BCUT2D eigenvalue weighted by molar-refractivity contribution is 5.73. The molecule has 0 aliphatic rings. The van der Waals surface area contributed by atoms with E-state index in [1.165, 1.54) is 11.1 Å². The molecule has 0 unspecified atom stereocenters. The van der Waals surface area contributed by atoms with Crippen LogP contribution in [-0.4, -0.2) is 4.98 Å². The molecule has 3 nitrogen and oxygen atoms in total. The van der Waals surface area contributed by atoms with Crippen LogP contribution in [0, 0.1) is 6.92 Å². The number of nitrogens with two attached hydrogens (primary N) is 1. The van der Waals surface area contributed by atoms with Gasteiger partial charge in [0.05, 0.1) is 0 Å². The van der Waals surface area contributed by atoms with Gasteiger partial charge >= 0.3 is 0 Å². The molecule has 0 bridgehead atoms. The Hall–Kier alpha value is -2.29. The second-order valence-corrected chi connectivity index (χ2v) is 4.46. The summed E-state index contributed by atoms with van der Waals surface area (Å²) in [6.07, 6.45) is 0.854. The predicted molar refractivity (Wildman–Crippen MR) is 72.4 cm³/mol. The number of nitrogens with zero attached hydrogens (tertiary/aromatic N) is 1. The van der Waals surface area contributed by atoms with E-state index in [2.05, 4.69) is 23.2 Å². The van der Waals surface area contributed by atoms with Crippen LogP contribution in [0.5, 0.6) is 0 Å². The van der Waals surface area contributed by atoms with E-state index in [9.17, 15) is 0 Å². The highest BCUT2D eigenvalue weighted by Crippen LogP contribution is 2.19. The molecule has 3 heteroatoms. The quantitative estimate of drug-likeness (QED) is 0.697. The Balaban J connectivity index is 1.94. The van der Waals surface area contributed by atoms with Gasteiger partial charge in [0.25, 0.3) is 0 Å². The summed E-state index contributed by atoms with van der Waals surface area (Å²) in [7, 11) is 0. The number of aromatic nitrogens is 1. The van der Waals surface area contributed by atoms with Crippen molar-refractivity contribution in [2.24, 2.45) is 0 Å². The Kier molecular flexibility index (Phi) is 2.52. The lowest BCUT2D eigenvalue weighted by atomic mass is 10.0. The van der Waals surface area contributed by atoms with Gasteiger partial charge in [0, 0.05) is 12.6 Å². The van der Waals surface area contributed by atoms with Gasteiger partial charge in [0.1, 0.15) is 5.52 Å². The van der Waals surface area contributed by atoms with E-state index < -0.39 is 0 Å². The van der Waals surface area contributed by atoms with Crippen molar-refractivity contribution in [1.82, 2.24) is 4.98 Å². The summed E-state index contributed by atoms with van der Waals surface area (Å²) in [5.41, 5.74) is 10.7. The molecule has 3 rings (SSSR count). The van der Waals surface area contributed by atoms with Gasteiger partial charge in [-0.25, -0.2) is 4.98 Å². The zero-order chi connectivity index (χ0) is 12.5. The predicted octanol–water partition coefficient (Wildman–Crippen LogP) is 3.31. The number of fused-ring (bicyclic) bond motifs is 1. The van der Waals surface area contributed by atoms with Crippen LogP contribution in [-0.2, 0) is 6.42 Å². The molecule has 0 atom stereocenters. The minimum atomic E-state index is 0.700. The van der Waals surface area contributed by atoms with E-state index in [4.69, 9.17) is 10.2 Å². The third-order valence-electron chi connectivity index (χ3n) is 2.92. The Morgan fingerprint density at radius 3 is 2.78 bits per heavy atom. The van der Waals surface area contributed by atoms with Gasteiger partial charge in [-0.3, -0.25) is 0 Å². The van der Waals surface area contributed by atoms with Gasteiger partial charge in [-0.2, -0.15) is 0 Å². The Morgan fingerprint density at radius 1 is 1.11 bits per heavy atom. The van der Waals surface area contributed by atoms with Crippen molar-refractivity contribution in [3.8, 4) is 0 Å². The number of oxazole rings is 1. The monoisotopic (exact) mass is 238 g/mol. The number of rotatable bonds is 2. The average Bonchev–Trinajstić information content (AvgIpc) is 2.68. The molecular weight excluding hydrogens is 224 g/mol.